The third-order valence-corrected chi connectivity index (χ3v) is 5.93. The van der Waals surface area contributed by atoms with Crippen LogP contribution in [0.3, 0.4) is 0 Å². The molecule has 1 aromatic carbocycles. The number of piperidine rings is 1. The van der Waals surface area contributed by atoms with Gasteiger partial charge in [-0.15, -0.1) is 0 Å². The second-order valence-electron chi connectivity index (χ2n) is 8.11. The number of hydrogen-bond acceptors (Lipinski definition) is 4. The lowest BCUT2D eigenvalue weighted by Gasteiger charge is -2.41. The largest absolute Gasteiger partial charge is 0.348 e. The van der Waals surface area contributed by atoms with Crippen LogP contribution < -0.4 is 10.6 Å². The molecule has 3 aliphatic rings. The highest BCUT2D eigenvalue weighted by molar-refractivity contribution is 5.89. The van der Waals surface area contributed by atoms with Crippen LogP contribution in [0.5, 0.6) is 0 Å². The molecule has 0 unspecified atom stereocenters. The van der Waals surface area contributed by atoms with Crippen molar-refractivity contribution in [3.8, 4) is 0 Å². The maximum Gasteiger partial charge on any atom is 0.321 e. The van der Waals surface area contributed by atoms with Crippen molar-refractivity contribution in [1.29, 1.82) is 0 Å². The molecular formula is C20H24N6O2. The number of urea groups is 1. The van der Waals surface area contributed by atoms with Gasteiger partial charge in [-0.1, -0.05) is 18.2 Å². The summed E-state index contributed by atoms with van der Waals surface area (Å²) in [6.45, 7) is 1.43. The summed E-state index contributed by atoms with van der Waals surface area (Å²) >= 11 is 0. The predicted octanol–water partition coefficient (Wildman–Crippen LogP) is 1.89. The van der Waals surface area contributed by atoms with Crippen molar-refractivity contribution in [3.63, 3.8) is 0 Å². The SMILES string of the molecule is O=C1Cn2nc(C3CC3)nc2CC2(CCN(C(=O)Nc3ccccc3)CC2)N1. The molecular weight excluding hydrogens is 356 g/mol. The highest BCUT2D eigenvalue weighted by Crippen LogP contribution is 2.38. The molecule has 2 aromatic rings. The molecule has 3 amide bonds. The Morgan fingerprint density at radius 3 is 2.64 bits per heavy atom. The van der Waals surface area contributed by atoms with Crippen LogP contribution in [0.2, 0.25) is 0 Å². The van der Waals surface area contributed by atoms with Crippen molar-refractivity contribution in [2.24, 2.45) is 0 Å². The Kier molecular flexibility index (Phi) is 4.07. The maximum absolute atomic E-state index is 12.6. The van der Waals surface area contributed by atoms with Gasteiger partial charge >= 0.3 is 6.03 Å². The van der Waals surface area contributed by atoms with Gasteiger partial charge < -0.3 is 15.5 Å². The Morgan fingerprint density at radius 1 is 1.18 bits per heavy atom. The summed E-state index contributed by atoms with van der Waals surface area (Å²) in [5.41, 5.74) is 0.444. The van der Waals surface area contributed by atoms with Crippen LogP contribution in [0, 0.1) is 0 Å². The molecule has 1 aliphatic carbocycles. The van der Waals surface area contributed by atoms with Crippen molar-refractivity contribution in [3.05, 3.63) is 42.0 Å². The molecule has 8 nitrogen and oxygen atoms in total. The van der Waals surface area contributed by atoms with Crippen LogP contribution in [0.15, 0.2) is 30.3 Å². The number of para-hydroxylation sites is 1. The number of benzene rings is 1. The van der Waals surface area contributed by atoms with Gasteiger partial charge in [-0.05, 0) is 37.8 Å². The quantitative estimate of drug-likeness (QED) is 0.832. The number of rotatable bonds is 2. The summed E-state index contributed by atoms with van der Waals surface area (Å²) in [4.78, 5) is 31.6. The van der Waals surface area contributed by atoms with E-state index in [1.165, 1.54) is 0 Å². The van der Waals surface area contributed by atoms with Gasteiger partial charge in [0.1, 0.15) is 12.4 Å². The van der Waals surface area contributed by atoms with E-state index in [2.05, 4.69) is 15.7 Å². The number of hydrogen-bond donors (Lipinski definition) is 2. The van der Waals surface area contributed by atoms with Gasteiger partial charge in [0.25, 0.3) is 0 Å². The van der Waals surface area contributed by atoms with Gasteiger partial charge in [0.15, 0.2) is 5.82 Å². The summed E-state index contributed by atoms with van der Waals surface area (Å²) in [6.07, 6.45) is 4.39. The van der Waals surface area contributed by atoms with Crippen LogP contribution in [-0.2, 0) is 17.8 Å². The van der Waals surface area contributed by atoms with Gasteiger partial charge in [-0.25, -0.2) is 14.5 Å². The van der Waals surface area contributed by atoms with E-state index in [9.17, 15) is 9.59 Å². The molecule has 8 heteroatoms. The Morgan fingerprint density at radius 2 is 1.93 bits per heavy atom. The Bertz CT molecular complexity index is 897. The Hall–Kier alpha value is -2.90. The lowest BCUT2D eigenvalue weighted by atomic mass is 9.84. The average molecular weight is 380 g/mol. The van der Waals surface area contributed by atoms with E-state index in [0.717, 1.165) is 30.2 Å². The van der Waals surface area contributed by atoms with E-state index in [1.807, 2.05) is 35.2 Å². The molecule has 28 heavy (non-hydrogen) atoms. The molecule has 146 valence electrons. The molecule has 1 aromatic heterocycles. The van der Waals surface area contributed by atoms with E-state index in [-0.39, 0.29) is 24.0 Å². The van der Waals surface area contributed by atoms with Gasteiger partial charge in [0.05, 0.1) is 5.54 Å². The number of carbonyl (C=O) groups excluding carboxylic acids is 2. The minimum absolute atomic E-state index is 0.0202. The summed E-state index contributed by atoms with van der Waals surface area (Å²) < 4.78 is 1.77. The van der Waals surface area contributed by atoms with E-state index >= 15 is 0 Å². The van der Waals surface area contributed by atoms with Gasteiger partial charge in [0.2, 0.25) is 5.91 Å². The summed E-state index contributed by atoms with van der Waals surface area (Å²) in [5.74, 6) is 2.23. The molecule has 2 aliphatic heterocycles. The second-order valence-corrected chi connectivity index (χ2v) is 8.11. The number of nitrogens with one attached hydrogen (secondary N) is 2. The molecule has 1 spiro atoms. The maximum atomic E-state index is 12.6. The van der Waals surface area contributed by atoms with Gasteiger partial charge in [-0.2, -0.15) is 5.10 Å². The molecule has 2 N–H and O–H groups in total. The van der Waals surface area contributed by atoms with E-state index in [1.54, 1.807) is 4.68 Å². The van der Waals surface area contributed by atoms with Crippen LogP contribution in [0.4, 0.5) is 10.5 Å². The zero-order valence-electron chi connectivity index (χ0n) is 15.7. The number of fused-ring (bicyclic) bond motifs is 1. The molecule has 1 saturated carbocycles. The number of carbonyl (C=O) groups is 2. The van der Waals surface area contributed by atoms with Crippen molar-refractivity contribution in [2.75, 3.05) is 18.4 Å². The Labute approximate surface area is 163 Å². The summed E-state index contributed by atoms with van der Waals surface area (Å²) in [6, 6.07) is 9.36. The number of amides is 3. The molecule has 3 heterocycles. The fraction of sp³-hybridized carbons (Fsp3) is 0.500. The van der Waals surface area contributed by atoms with E-state index in [4.69, 9.17) is 4.98 Å². The van der Waals surface area contributed by atoms with Crippen LogP contribution in [-0.4, -0.2) is 50.2 Å². The van der Waals surface area contributed by atoms with Crippen LogP contribution in [0.25, 0.3) is 0 Å². The lowest BCUT2D eigenvalue weighted by Crippen LogP contribution is -2.57. The molecule has 0 atom stereocenters. The lowest BCUT2D eigenvalue weighted by molar-refractivity contribution is -0.123. The monoisotopic (exact) mass is 380 g/mol. The van der Waals surface area contributed by atoms with Crippen LogP contribution >= 0.6 is 0 Å². The smallest absolute Gasteiger partial charge is 0.321 e. The second kappa shape index (κ2) is 6.61. The first-order valence-electron chi connectivity index (χ1n) is 9.96. The normalized spacial score (nSPS) is 21.0. The number of anilines is 1. The molecule has 0 radical (unpaired) electrons. The van der Waals surface area contributed by atoms with Gasteiger partial charge in [-0.3, -0.25) is 4.79 Å². The summed E-state index contributed by atoms with van der Waals surface area (Å²) in [5, 5.41) is 10.7. The first-order chi connectivity index (χ1) is 13.6. The third-order valence-electron chi connectivity index (χ3n) is 5.93. The zero-order valence-corrected chi connectivity index (χ0v) is 15.7. The molecule has 0 bridgehead atoms. The van der Waals surface area contributed by atoms with Crippen molar-refractivity contribution < 1.29 is 9.59 Å². The van der Waals surface area contributed by atoms with Gasteiger partial charge in [0, 0.05) is 31.1 Å². The first-order valence-corrected chi connectivity index (χ1v) is 9.96. The minimum atomic E-state index is -0.345. The fourth-order valence-electron chi connectivity index (χ4n) is 4.15. The summed E-state index contributed by atoms with van der Waals surface area (Å²) in [7, 11) is 0. The van der Waals surface area contributed by atoms with Crippen molar-refractivity contribution >= 4 is 17.6 Å². The fourth-order valence-corrected chi connectivity index (χ4v) is 4.15. The van der Waals surface area contributed by atoms with E-state index < -0.39 is 0 Å². The zero-order chi connectivity index (χ0) is 19.1. The number of nitrogens with zero attached hydrogens (tertiary/aromatic N) is 4. The van der Waals surface area contributed by atoms with Crippen LogP contribution in [0.1, 0.15) is 43.3 Å². The van der Waals surface area contributed by atoms with Crippen molar-refractivity contribution in [2.45, 2.75) is 50.1 Å². The number of likely N-dealkylation sites (tertiary alicyclic amines) is 1. The predicted molar refractivity (Wildman–Crippen MR) is 103 cm³/mol. The highest BCUT2D eigenvalue weighted by Gasteiger charge is 2.41. The highest BCUT2D eigenvalue weighted by atomic mass is 16.2. The third kappa shape index (κ3) is 3.34. The molecule has 5 rings (SSSR count). The van der Waals surface area contributed by atoms with E-state index in [0.29, 0.717) is 38.3 Å². The Balaban J connectivity index is 1.27. The average Bonchev–Trinajstić information content (AvgIpc) is 3.48. The number of aromatic nitrogens is 3. The standard InChI is InChI=1S/C20H24N6O2/c27-17-13-26-16(22-18(24-26)14-6-7-14)12-20(23-17)8-10-25(11-9-20)19(28)21-15-4-2-1-3-5-15/h1-5,14H,6-13H2,(H,21,28)(H,23,27). The molecule has 1 saturated heterocycles. The first kappa shape index (κ1) is 17.2. The minimum Gasteiger partial charge on any atom is -0.348 e. The molecule has 2 fully saturated rings. The topological polar surface area (TPSA) is 92.2 Å². The van der Waals surface area contributed by atoms with Crippen molar-refractivity contribution in [1.82, 2.24) is 25.0 Å².